The number of benzene rings is 1. The maximum absolute atomic E-state index is 11.6. The van der Waals surface area contributed by atoms with Crippen LogP contribution in [0.5, 0.6) is 0 Å². The number of methoxy groups -OCH3 is 1. The van der Waals surface area contributed by atoms with Crippen LogP contribution in [0.4, 0.5) is 0 Å². The van der Waals surface area contributed by atoms with Crippen LogP contribution in [0, 0.1) is 0 Å². The van der Waals surface area contributed by atoms with Gasteiger partial charge in [0, 0.05) is 5.39 Å². The molecule has 102 valence electrons. The number of hydrogen-bond acceptors (Lipinski definition) is 4. The summed E-state index contributed by atoms with van der Waals surface area (Å²) in [5, 5.41) is 0.994. The quantitative estimate of drug-likeness (QED) is 0.783. The standard InChI is InChI=1S/C16H16N2O2/c1-20-16(19)12-7-8-13-14(9-12)17-10-18-15(13)11-5-3-2-4-6-11/h5,7-10H,2-4,6H2,1H3. The lowest BCUT2D eigenvalue weighted by Gasteiger charge is -2.13. The molecule has 4 nitrogen and oxygen atoms in total. The number of carbonyl (C=O) groups excluding carboxylic acids is 1. The van der Waals surface area contributed by atoms with Crippen molar-refractivity contribution in [3.05, 3.63) is 41.9 Å². The van der Waals surface area contributed by atoms with Crippen molar-refractivity contribution in [1.29, 1.82) is 0 Å². The summed E-state index contributed by atoms with van der Waals surface area (Å²) in [5.74, 6) is -0.344. The molecule has 1 aromatic heterocycles. The minimum absolute atomic E-state index is 0.344. The van der Waals surface area contributed by atoms with Gasteiger partial charge in [0.2, 0.25) is 0 Å². The largest absolute Gasteiger partial charge is 0.465 e. The van der Waals surface area contributed by atoms with Gasteiger partial charge in [-0.05, 0) is 49.5 Å². The molecule has 0 atom stereocenters. The van der Waals surface area contributed by atoms with Crippen LogP contribution in [-0.4, -0.2) is 23.0 Å². The molecule has 0 aliphatic heterocycles. The van der Waals surface area contributed by atoms with Crippen molar-refractivity contribution in [1.82, 2.24) is 9.97 Å². The van der Waals surface area contributed by atoms with Crippen molar-refractivity contribution in [3.63, 3.8) is 0 Å². The second kappa shape index (κ2) is 5.41. The normalized spacial score (nSPS) is 14.9. The highest BCUT2D eigenvalue weighted by Gasteiger charge is 2.13. The van der Waals surface area contributed by atoms with Crippen LogP contribution < -0.4 is 0 Å². The third-order valence-corrected chi connectivity index (χ3v) is 3.65. The maximum Gasteiger partial charge on any atom is 0.337 e. The smallest absolute Gasteiger partial charge is 0.337 e. The van der Waals surface area contributed by atoms with Gasteiger partial charge in [-0.15, -0.1) is 0 Å². The fourth-order valence-corrected chi connectivity index (χ4v) is 2.61. The Morgan fingerprint density at radius 2 is 2.15 bits per heavy atom. The summed E-state index contributed by atoms with van der Waals surface area (Å²) < 4.78 is 4.74. The highest BCUT2D eigenvalue weighted by molar-refractivity contribution is 5.97. The number of ether oxygens (including phenoxy) is 1. The van der Waals surface area contributed by atoms with Crippen LogP contribution in [0.3, 0.4) is 0 Å². The van der Waals surface area contributed by atoms with Crippen molar-refractivity contribution >= 4 is 22.4 Å². The molecule has 0 saturated heterocycles. The highest BCUT2D eigenvalue weighted by Crippen LogP contribution is 2.29. The van der Waals surface area contributed by atoms with E-state index in [1.807, 2.05) is 6.07 Å². The molecule has 1 aromatic carbocycles. The zero-order chi connectivity index (χ0) is 13.9. The van der Waals surface area contributed by atoms with Crippen LogP contribution in [0.15, 0.2) is 30.6 Å². The van der Waals surface area contributed by atoms with Gasteiger partial charge in [-0.25, -0.2) is 14.8 Å². The van der Waals surface area contributed by atoms with E-state index in [-0.39, 0.29) is 5.97 Å². The molecular weight excluding hydrogens is 252 g/mol. The third-order valence-electron chi connectivity index (χ3n) is 3.65. The molecule has 0 fully saturated rings. The number of fused-ring (bicyclic) bond motifs is 1. The molecule has 20 heavy (non-hydrogen) atoms. The summed E-state index contributed by atoms with van der Waals surface area (Å²) >= 11 is 0. The lowest BCUT2D eigenvalue weighted by atomic mass is 9.95. The third kappa shape index (κ3) is 2.29. The van der Waals surface area contributed by atoms with Gasteiger partial charge in [0.15, 0.2) is 0 Å². The van der Waals surface area contributed by atoms with Crippen molar-refractivity contribution in [2.75, 3.05) is 7.11 Å². The first-order valence-electron chi connectivity index (χ1n) is 6.82. The molecular formula is C16H16N2O2. The second-order valence-electron chi connectivity index (χ2n) is 4.92. The first kappa shape index (κ1) is 12.8. The minimum atomic E-state index is -0.344. The molecule has 1 aliphatic rings. The molecule has 0 unspecified atom stereocenters. The summed E-state index contributed by atoms with van der Waals surface area (Å²) in [5.41, 5.74) is 3.58. The monoisotopic (exact) mass is 268 g/mol. The molecule has 4 heteroatoms. The van der Waals surface area contributed by atoms with Gasteiger partial charge in [0.1, 0.15) is 6.33 Å². The van der Waals surface area contributed by atoms with E-state index in [2.05, 4.69) is 16.0 Å². The zero-order valence-electron chi connectivity index (χ0n) is 11.4. The number of aromatic nitrogens is 2. The van der Waals surface area contributed by atoms with Gasteiger partial charge in [0.25, 0.3) is 0 Å². The van der Waals surface area contributed by atoms with E-state index >= 15 is 0 Å². The van der Waals surface area contributed by atoms with Crippen LogP contribution in [0.25, 0.3) is 16.5 Å². The van der Waals surface area contributed by atoms with Crippen molar-refractivity contribution in [2.45, 2.75) is 25.7 Å². The Bertz CT molecular complexity index is 692. The van der Waals surface area contributed by atoms with Crippen LogP contribution in [-0.2, 0) is 4.74 Å². The molecule has 0 spiro atoms. The maximum atomic E-state index is 11.6. The Hall–Kier alpha value is -2.23. The first-order valence-corrected chi connectivity index (χ1v) is 6.82. The number of nitrogens with zero attached hydrogens (tertiary/aromatic N) is 2. The SMILES string of the molecule is COC(=O)c1ccc2c(C3=CCCCC3)ncnc2c1. The molecule has 0 amide bonds. The molecule has 3 rings (SSSR count). The molecule has 0 saturated carbocycles. The fourth-order valence-electron chi connectivity index (χ4n) is 2.61. The predicted molar refractivity (Wildman–Crippen MR) is 77.3 cm³/mol. The van der Waals surface area contributed by atoms with Gasteiger partial charge in [-0.3, -0.25) is 0 Å². The van der Waals surface area contributed by atoms with E-state index in [1.54, 1.807) is 18.5 Å². The van der Waals surface area contributed by atoms with Crippen LogP contribution in [0.2, 0.25) is 0 Å². The number of esters is 1. The van der Waals surface area contributed by atoms with Gasteiger partial charge in [-0.1, -0.05) is 6.08 Å². The average molecular weight is 268 g/mol. The van der Waals surface area contributed by atoms with E-state index in [9.17, 15) is 4.79 Å². The number of carbonyl (C=O) groups is 1. The minimum Gasteiger partial charge on any atom is -0.465 e. The number of hydrogen-bond donors (Lipinski definition) is 0. The molecule has 2 aromatic rings. The lowest BCUT2D eigenvalue weighted by molar-refractivity contribution is 0.0601. The van der Waals surface area contributed by atoms with E-state index in [0.29, 0.717) is 5.56 Å². The van der Waals surface area contributed by atoms with Gasteiger partial charge in [-0.2, -0.15) is 0 Å². The summed E-state index contributed by atoms with van der Waals surface area (Å²) in [6.07, 6.45) is 8.45. The Balaban J connectivity index is 2.11. The average Bonchev–Trinajstić information content (AvgIpc) is 2.53. The molecule has 0 radical (unpaired) electrons. The van der Waals surface area contributed by atoms with Gasteiger partial charge in [0.05, 0.1) is 23.9 Å². The molecule has 1 aliphatic carbocycles. The summed E-state index contributed by atoms with van der Waals surface area (Å²) in [7, 11) is 1.38. The lowest BCUT2D eigenvalue weighted by Crippen LogP contribution is -2.02. The van der Waals surface area contributed by atoms with Crippen LogP contribution >= 0.6 is 0 Å². The zero-order valence-corrected chi connectivity index (χ0v) is 11.4. The predicted octanol–water partition coefficient (Wildman–Crippen LogP) is 3.37. The van der Waals surface area contributed by atoms with Crippen molar-refractivity contribution < 1.29 is 9.53 Å². The highest BCUT2D eigenvalue weighted by atomic mass is 16.5. The van der Waals surface area contributed by atoms with Gasteiger partial charge < -0.3 is 4.74 Å². The second-order valence-corrected chi connectivity index (χ2v) is 4.92. The van der Waals surface area contributed by atoms with E-state index in [4.69, 9.17) is 4.74 Å². The Kier molecular flexibility index (Phi) is 3.46. The molecule has 0 bridgehead atoms. The Labute approximate surface area is 117 Å². The summed E-state index contributed by atoms with van der Waals surface area (Å²) in [6.45, 7) is 0. The number of allylic oxidation sites excluding steroid dienone is 2. The van der Waals surface area contributed by atoms with Crippen LogP contribution in [0.1, 0.15) is 41.7 Å². The summed E-state index contributed by atoms with van der Waals surface area (Å²) in [6, 6.07) is 5.44. The van der Waals surface area contributed by atoms with E-state index in [0.717, 1.165) is 29.4 Å². The van der Waals surface area contributed by atoms with Crippen molar-refractivity contribution in [3.8, 4) is 0 Å². The Morgan fingerprint density at radius 3 is 2.90 bits per heavy atom. The topological polar surface area (TPSA) is 52.1 Å². The fraction of sp³-hybridized carbons (Fsp3) is 0.312. The Morgan fingerprint density at radius 1 is 1.25 bits per heavy atom. The molecule has 1 heterocycles. The first-order chi connectivity index (χ1) is 9.79. The van der Waals surface area contributed by atoms with Gasteiger partial charge >= 0.3 is 5.97 Å². The molecule has 0 N–H and O–H groups in total. The van der Waals surface area contributed by atoms with Crippen molar-refractivity contribution in [2.24, 2.45) is 0 Å². The summed E-state index contributed by atoms with van der Waals surface area (Å²) in [4.78, 5) is 20.3. The van der Waals surface area contributed by atoms with E-state index < -0.39 is 0 Å². The van der Waals surface area contributed by atoms with E-state index in [1.165, 1.54) is 25.5 Å². The number of rotatable bonds is 2.